The molecule has 1 heterocycles. The van der Waals surface area contributed by atoms with Crippen LogP contribution in [0.3, 0.4) is 0 Å². The minimum absolute atomic E-state index is 0. The van der Waals surface area contributed by atoms with Gasteiger partial charge in [-0.2, -0.15) is 0 Å². The molecule has 0 radical (unpaired) electrons. The third kappa shape index (κ3) is 6.40. The second-order valence-electron chi connectivity index (χ2n) is 3.38. The molecule has 0 aliphatic carbocycles. The minimum atomic E-state index is 0. The summed E-state index contributed by atoms with van der Waals surface area (Å²) < 4.78 is 0. The summed E-state index contributed by atoms with van der Waals surface area (Å²) >= 11 is 0. The van der Waals surface area contributed by atoms with Crippen LogP contribution < -0.4 is 10.6 Å². The smallest absolute Gasteiger partial charge is 0.191 e. The first kappa shape index (κ1) is 16.1. The van der Waals surface area contributed by atoms with Gasteiger partial charge in [-0.3, -0.25) is 0 Å². The van der Waals surface area contributed by atoms with E-state index in [1.165, 1.54) is 0 Å². The molecule has 1 aromatic rings. The fraction of sp³-hybridized carbons (Fsp3) is 0.545. The van der Waals surface area contributed by atoms with E-state index in [0.29, 0.717) is 6.54 Å². The van der Waals surface area contributed by atoms with Crippen LogP contribution in [-0.4, -0.2) is 29.0 Å². The minimum Gasteiger partial charge on any atom is -0.357 e. The average Bonchev–Trinajstić information content (AvgIpc) is 2.27. The molecule has 0 saturated carbocycles. The number of nitrogens with one attached hydrogen (secondary N) is 2. The third-order valence-electron chi connectivity index (χ3n) is 1.95. The number of halogens is 1. The Bertz CT molecular complexity index is 345. The molecule has 5 nitrogen and oxygen atoms in total. The monoisotopic (exact) mass is 349 g/mol. The van der Waals surface area contributed by atoms with Crippen LogP contribution in [0.15, 0.2) is 17.4 Å². The number of guanidine groups is 1. The summed E-state index contributed by atoms with van der Waals surface area (Å²) in [7, 11) is 0. The number of rotatable bonds is 4. The first-order chi connectivity index (χ1) is 7.76. The van der Waals surface area contributed by atoms with Crippen LogP contribution in [-0.2, 0) is 6.54 Å². The number of aromatic nitrogens is 2. The summed E-state index contributed by atoms with van der Waals surface area (Å²) in [6.45, 7) is 8.32. The lowest BCUT2D eigenvalue weighted by atomic mass is 10.3. The van der Waals surface area contributed by atoms with E-state index >= 15 is 0 Å². The van der Waals surface area contributed by atoms with Gasteiger partial charge in [0.25, 0.3) is 0 Å². The second kappa shape index (κ2) is 9.15. The van der Waals surface area contributed by atoms with E-state index in [0.717, 1.165) is 30.4 Å². The molecule has 0 amide bonds. The van der Waals surface area contributed by atoms with E-state index in [-0.39, 0.29) is 24.0 Å². The summed E-state index contributed by atoms with van der Waals surface area (Å²) in [5.74, 6) is 0.821. The van der Waals surface area contributed by atoms with Crippen molar-refractivity contribution in [3.05, 3.63) is 23.8 Å². The van der Waals surface area contributed by atoms with E-state index in [9.17, 15) is 0 Å². The number of hydrogen-bond donors (Lipinski definition) is 2. The molecule has 96 valence electrons. The fourth-order valence-electron chi connectivity index (χ4n) is 1.27. The third-order valence-corrected chi connectivity index (χ3v) is 1.95. The van der Waals surface area contributed by atoms with E-state index in [1.54, 1.807) is 6.33 Å². The Hall–Kier alpha value is -0.920. The number of aliphatic imine (C=N–C) groups is 1. The van der Waals surface area contributed by atoms with Gasteiger partial charge in [0, 0.05) is 18.8 Å². The molecule has 0 aliphatic heterocycles. The van der Waals surface area contributed by atoms with Crippen molar-refractivity contribution in [1.29, 1.82) is 0 Å². The van der Waals surface area contributed by atoms with Gasteiger partial charge in [0.15, 0.2) is 5.96 Å². The molecule has 2 N–H and O–H groups in total. The number of nitrogens with zero attached hydrogens (tertiary/aromatic N) is 3. The van der Waals surface area contributed by atoms with E-state index in [2.05, 4.69) is 25.6 Å². The fourth-order valence-corrected chi connectivity index (χ4v) is 1.27. The van der Waals surface area contributed by atoms with Crippen molar-refractivity contribution in [3.63, 3.8) is 0 Å². The maximum absolute atomic E-state index is 4.42. The predicted molar refractivity (Wildman–Crippen MR) is 80.7 cm³/mol. The highest BCUT2D eigenvalue weighted by Gasteiger charge is 1.97. The molecular formula is C11H20IN5. The normalized spacial score (nSPS) is 9.12. The zero-order chi connectivity index (χ0) is 11.8. The van der Waals surface area contributed by atoms with Gasteiger partial charge >= 0.3 is 0 Å². The van der Waals surface area contributed by atoms with Gasteiger partial charge in [-0.15, -0.1) is 24.0 Å². The van der Waals surface area contributed by atoms with Gasteiger partial charge in [-0.1, -0.05) is 0 Å². The average molecular weight is 349 g/mol. The van der Waals surface area contributed by atoms with Crippen LogP contribution in [0.2, 0.25) is 0 Å². The van der Waals surface area contributed by atoms with Gasteiger partial charge in [-0.05, 0) is 26.8 Å². The van der Waals surface area contributed by atoms with Gasteiger partial charge in [-0.25, -0.2) is 15.0 Å². The van der Waals surface area contributed by atoms with Crippen molar-refractivity contribution < 1.29 is 0 Å². The quantitative estimate of drug-likeness (QED) is 0.491. The van der Waals surface area contributed by atoms with E-state index in [4.69, 9.17) is 0 Å². The Kier molecular flexibility index (Phi) is 8.65. The summed E-state index contributed by atoms with van der Waals surface area (Å²) in [5.41, 5.74) is 1.90. The lowest BCUT2D eigenvalue weighted by Crippen LogP contribution is -2.37. The number of hydrogen-bond acceptors (Lipinski definition) is 3. The molecule has 1 aromatic heterocycles. The first-order valence-electron chi connectivity index (χ1n) is 5.56. The zero-order valence-corrected chi connectivity index (χ0v) is 12.9. The van der Waals surface area contributed by atoms with Gasteiger partial charge in [0.2, 0.25) is 0 Å². The molecule has 17 heavy (non-hydrogen) atoms. The Morgan fingerprint density at radius 2 is 1.88 bits per heavy atom. The van der Waals surface area contributed by atoms with E-state index < -0.39 is 0 Å². The summed E-state index contributed by atoms with van der Waals surface area (Å²) in [5, 5.41) is 6.33. The molecule has 0 aliphatic rings. The lowest BCUT2D eigenvalue weighted by molar-refractivity contribution is 0.831. The van der Waals surface area contributed by atoms with Crippen LogP contribution in [0.1, 0.15) is 25.2 Å². The molecule has 0 bridgehead atoms. The topological polar surface area (TPSA) is 62.2 Å². The Labute approximate surface area is 120 Å². The highest BCUT2D eigenvalue weighted by molar-refractivity contribution is 14.0. The van der Waals surface area contributed by atoms with Gasteiger partial charge < -0.3 is 10.6 Å². The standard InChI is InChI=1S/C11H19N5.HI/c1-4-12-11(13-5-2)14-7-10-6-9(3)15-8-16-10;/h6,8H,4-5,7H2,1-3H3,(H2,12,13,14);1H. The molecule has 0 fully saturated rings. The van der Waals surface area contributed by atoms with Crippen LogP contribution in [0.5, 0.6) is 0 Å². The first-order valence-corrected chi connectivity index (χ1v) is 5.56. The summed E-state index contributed by atoms with van der Waals surface area (Å²) in [4.78, 5) is 12.6. The highest BCUT2D eigenvalue weighted by Crippen LogP contribution is 1.97. The number of aryl methyl sites for hydroxylation is 1. The van der Waals surface area contributed by atoms with E-state index in [1.807, 2.05) is 26.8 Å². The van der Waals surface area contributed by atoms with Crippen LogP contribution >= 0.6 is 24.0 Å². The SMILES string of the molecule is CCNC(=NCc1cc(C)ncn1)NCC.I. The zero-order valence-electron chi connectivity index (χ0n) is 10.5. The van der Waals surface area contributed by atoms with Crippen LogP contribution in [0, 0.1) is 6.92 Å². The van der Waals surface area contributed by atoms with Crippen molar-refractivity contribution in [2.24, 2.45) is 4.99 Å². The maximum atomic E-state index is 4.42. The van der Waals surface area contributed by atoms with Gasteiger partial charge in [0.1, 0.15) is 6.33 Å². The maximum Gasteiger partial charge on any atom is 0.191 e. The molecule has 1 rings (SSSR count). The van der Waals surface area contributed by atoms with Crippen LogP contribution in [0.25, 0.3) is 0 Å². The Morgan fingerprint density at radius 3 is 2.41 bits per heavy atom. The predicted octanol–water partition coefficient (Wildman–Crippen LogP) is 1.48. The van der Waals surface area contributed by atoms with Crippen molar-refractivity contribution >= 4 is 29.9 Å². The van der Waals surface area contributed by atoms with Crippen LogP contribution in [0.4, 0.5) is 0 Å². The van der Waals surface area contributed by atoms with Gasteiger partial charge in [0.05, 0.1) is 12.2 Å². The van der Waals surface area contributed by atoms with Crippen molar-refractivity contribution in [3.8, 4) is 0 Å². The Morgan fingerprint density at radius 1 is 1.24 bits per heavy atom. The molecule has 0 unspecified atom stereocenters. The molecule has 6 heteroatoms. The van der Waals surface area contributed by atoms with Crippen molar-refractivity contribution in [2.75, 3.05) is 13.1 Å². The Balaban J connectivity index is 0.00000256. The molecule has 0 atom stereocenters. The lowest BCUT2D eigenvalue weighted by Gasteiger charge is -2.08. The summed E-state index contributed by atoms with van der Waals surface area (Å²) in [6, 6.07) is 1.94. The van der Waals surface area contributed by atoms with Crippen molar-refractivity contribution in [2.45, 2.75) is 27.3 Å². The molecular weight excluding hydrogens is 329 g/mol. The molecule has 0 spiro atoms. The largest absolute Gasteiger partial charge is 0.357 e. The second-order valence-corrected chi connectivity index (χ2v) is 3.38. The molecule has 0 saturated heterocycles. The highest BCUT2D eigenvalue weighted by atomic mass is 127. The molecule has 0 aromatic carbocycles. The summed E-state index contributed by atoms with van der Waals surface area (Å²) in [6.07, 6.45) is 1.57. The van der Waals surface area contributed by atoms with Crippen molar-refractivity contribution in [1.82, 2.24) is 20.6 Å².